The topological polar surface area (TPSA) is 22.0 Å². The van der Waals surface area contributed by atoms with Crippen molar-refractivity contribution in [2.24, 2.45) is 0 Å². The Morgan fingerprint density at radius 3 is 2.53 bits per heavy atom. The number of aromatic nitrogens is 1. The van der Waals surface area contributed by atoms with Crippen LogP contribution in [0.5, 0.6) is 0 Å². The van der Waals surface area contributed by atoms with Crippen LogP contribution in [0.3, 0.4) is 0 Å². The first-order valence-corrected chi connectivity index (χ1v) is 5.51. The lowest BCUT2D eigenvalue weighted by Crippen LogP contribution is -1.96. The molecule has 82 valence electrons. The predicted octanol–water partition coefficient (Wildman–Crippen LogP) is 3.44. The zero-order chi connectivity index (χ0) is 11.7. The van der Waals surface area contributed by atoms with Gasteiger partial charge < -0.3 is 4.57 Å². The largest absolute Gasteiger partial charge is 0.316 e. The fourth-order valence-electron chi connectivity index (χ4n) is 2.10. The normalized spacial score (nSPS) is 10.6. The number of nitrogens with zero attached hydrogens (tertiary/aromatic N) is 1. The summed E-state index contributed by atoms with van der Waals surface area (Å²) in [5.41, 5.74) is 2.74. The van der Waals surface area contributed by atoms with Crippen LogP contribution < -0.4 is 0 Å². The molecule has 2 heteroatoms. The molecule has 2 nitrogen and oxygen atoms in total. The molecule has 0 spiro atoms. The van der Waals surface area contributed by atoms with Crippen molar-refractivity contribution in [3.63, 3.8) is 0 Å². The number of carbonyl (C=O) groups is 1. The van der Waals surface area contributed by atoms with Crippen molar-refractivity contribution in [2.45, 2.75) is 0 Å². The molecule has 1 heterocycles. The summed E-state index contributed by atoms with van der Waals surface area (Å²) < 4.78 is 2.04. The van der Waals surface area contributed by atoms with Gasteiger partial charge in [-0.25, -0.2) is 0 Å². The Hall–Kier alpha value is -2.35. The first-order valence-electron chi connectivity index (χ1n) is 5.51. The van der Waals surface area contributed by atoms with E-state index < -0.39 is 0 Å². The van der Waals surface area contributed by atoms with E-state index in [1.54, 1.807) is 0 Å². The molecule has 0 saturated heterocycles. The standard InChI is InChI=1S/C15H11NO/c17-11-13-6-2-4-8-15(13)16-10-9-12-5-1-3-7-14(12)16/h1-11H. The van der Waals surface area contributed by atoms with Gasteiger partial charge in [-0.2, -0.15) is 0 Å². The maximum absolute atomic E-state index is 11.0. The first-order chi connectivity index (χ1) is 8.40. The number of aldehydes is 1. The van der Waals surface area contributed by atoms with Crippen LogP contribution in [-0.4, -0.2) is 10.9 Å². The molecule has 0 fully saturated rings. The monoisotopic (exact) mass is 221 g/mol. The van der Waals surface area contributed by atoms with E-state index in [2.05, 4.69) is 18.2 Å². The molecule has 0 bridgehead atoms. The van der Waals surface area contributed by atoms with Gasteiger partial charge in [-0.05, 0) is 29.7 Å². The summed E-state index contributed by atoms with van der Waals surface area (Å²) in [6.45, 7) is 0. The summed E-state index contributed by atoms with van der Waals surface area (Å²) >= 11 is 0. The van der Waals surface area contributed by atoms with Gasteiger partial charge >= 0.3 is 0 Å². The molecule has 2 aromatic carbocycles. The molecule has 0 amide bonds. The molecule has 0 unspecified atom stereocenters. The highest BCUT2D eigenvalue weighted by atomic mass is 16.1. The Morgan fingerprint density at radius 2 is 1.65 bits per heavy atom. The highest BCUT2D eigenvalue weighted by Gasteiger charge is 2.05. The zero-order valence-corrected chi connectivity index (χ0v) is 9.21. The van der Waals surface area contributed by atoms with Crippen LogP contribution in [0.4, 0.5) is 0 Å². The van der Waals surface area contributed by atoms with Gasteiger partial charge in [-0.3, -0.25) is 4.79 Å². The average molecular weight is 221 g/mol. The molecule has 0 atom stereocenters. The third-order valence-corrected chi connectivity index (χ3v) is 2.92. The Labute approximate surface area is 99.1 Å². The van der Waals surface area contributed by atoms with Gasteiger partial charge in [0.25, 0.3) is 0 Å². The van der Waals surface area contributed by atoms with Crippen molar-refractivity contribution in [2.75, 3.05) is 0 Å². The van der Waals surface area contributed by atoms with Crippen LogP contribution >= 0.6 is 0 Å². The first kappa shape index (κ1) is 9.85. The van der Waals surface area contributed by atoms with Gasteiger partial charge in [0.15, 0.2) is 6.29 Å². The van der Waals surface area contributed by atoms with Crippen LogP contribution in [0.25, 0.3) is 16.6 Å². The van der Waals surface area contributed by atoms with E-state index in [4.69, 9.17) is 0 Å². The van der Waals surface area contributed by atoms with Gasteiger partial charge in [0.1, 0.15) is 0 Å². The summed E-state index contributed by atoms with van der Waals surface area (Å²) in [6.07, 6.45) is 2.89. The second-order valence-electron chi connectivity index (χ2n) is 3.92. The summed E-state index contributed by atoms with van der Waals surface area (Å²) in [5.74, 6) is 0. The van der Waals surface area contributed by atoms with Crippen LogP contribution in [0.2, 0.25) is 0 Å². The van der Waals surface area contributed by atoms with Crippen molar-refractivity contribution < 1.29 is 4.79 Å². The maximum atomic E-state index is 11.0. The molecule has 3 rings (SSSR count). The summed E-state index contributed by atoms with van der Waals surface area (Å²) in [4.78, 5) is 11.0. The van der Waals surface area contributed by atoms with Gasteiger partial charge in [0, 0.05) is 11.8 Å². The molecule has 17 heavy (non-hydrogen) atoms. The Morgan fingerprint density at radius 1 is 0.882 bits per heavy atom. The van der Waals surface area contributed by atoms with Gasteiger partial charge in [-0.1, -0.05) is 30.3 Å². The van der Waals surface area contributed by atoms with E-state index in [1.807, 2.05) is 47.2 Å². The van der Waals surface area contributed by atoms with E-state index in [0.29, 0.717) is 5.56 Å². The Kier molecular flexibility index (Phi) is 2.26. The highest BCUT2D eigenvalue weighted by Crippen LogP contribution is 2.21. The van der Waals surface area contributed by atoms with E-state index in [9.17, 15) is 4.79 Å². The van der Waals surface area contributed by atoms with E-state index in [1.165, 1.54) is 5.39 Å². The van der Waals surface area contributed by atoms with Gasteiger partial charge in [-0.15, -0.1) is 0 Å². The minimum absolute atomic E-state index is 0.703. The maximum Gasteiger partial charge on any atom is 0.152 e. The molecule has 0 aliphatic rings. The third-order valence-electron chi connectivity index (χ3n) is 2.92. The van der Waals surface area contributed by atoms with E-state index >= 15 is 0 Å². The van der Waals surface area contributed by atoms with Crippen LogP contribution in [0, 0.1) is 0 Å². The van der Waals surface area contributed by atoms with Gasteiger partial charge in [0.2, 0.25) is 0 Å². The second-order valence-corrected chi connectivity index (χ2v) is 3.92. The fraction of sp³-hybridized carbons (Fsp3) is 0. The Balaban J connectivity index is 2.31. The lowest BCUT2D eigenvalue weighted by molar-refractivity contribution is 0.112. The zero-order valence-electron chi connectivity index (χ0n) is 9.21. The number of hydrogen-bond acceptors (Lipinski definition) is 1. The quantitative estimate of drug-likeness (QED) is 0.607. The lowest BCUT2D eigenvalue weighted by atomic mass is 10.2. The summed E-state index contributed by atoms with van der Waals surface area (Å²) in [6, 6.07) is 17.8. The molecule has 3 aromatic rings. The Bertz CT molecular complexity index is 682. The van der Waals surface area contributed by atoms with Crippen molar-refractivity contribution in [1.82, 2.24) is 4.57 Å². The minimum atomic E-state index is 0.703. The third kappa shape index (κ3) is 1.54. The molecular weight excluding hydrogens is 210 g/mol. The van der Waals surface area contributed by atoms with Gasteiger partial charge in [0.05, 0.1) is 11.2 Å². The van der Waals surface area contributed by atoms with Crippen LogP contribution in [-0.2, 0) is 0 Å². The molecule has 0 radical (unpaired) electrons. The molecular formula is C15H11NO. The average Bonchev–Trinajstić information content (AvgIpc) is 2.82. The van der Waals surface area contributed by atoms with Crippen molar-refractivity contribution in [3.05, 3.63) is 66.4 Å². The number of benzene rings is 2. The van der Waals surface area contributed by atoms with E-state index in [-0.39, 0.29) is 0 Å². The molecule has 0 N–H and O–H groups in total. The number of rotatable bonds is 2. The SMILES string of the molecule is O=Cc1ccccc1-n1ccc2ccccc21. The fourth-order valence-corrected chi connectivity index (χ4v) is 2.10. The number of carbonyl (C=O) groups excluding carboxylic acids is 1. The van der Waals surface area contributed by atoms with Crippen molar-refractivity contribution >= 4 is 17.2 Å². The second kappa shape index (κ2) is 3.91. The molecule has 1 aromatic heterocycles. The van der Waals surface area contributed by atoms with Crippen molar-refractivity contribution in [1.29, 1.82) is 0 Å². The van der Waals surface area contributed by atoms with Crippen molar-refractivity contribution in [3.8, 4) is 5.69 Å². The minimum Gasteiger partial charge on any atom is -0.316 e. The molecule has 0 aliphatic heterocycles. The van der Waals surface area contributed by atoms with E-state index in [0.717, 1.165) is 17.5 Å². The summed E-state index contributed by atoms with van der Waals surface area (Å²) in [5, 5.41) is 1.17. The number of hydrogen-bond donors (Lipinski definition) is 0. The van der Waals surface area contributed by atoms with Crippen LogP contribution in [0.1, 0.15) is 10.4 Å². The lowest BCUT2D eigenvalue weighted by Gasteiger charge is -2.07. The molecule has 0 saturated carbocycles. The highest BCUT2D eigenvalue weighted by molar-refractivity contribution is 5.86. The predicted molar refractivity (Wildman–Crippen MR) is 68.7 cm³/mol. The molecule has 0 aliphatic carbocycles. The smallest absolute Gasteiger partial charge is 0.152 e. The summed E-state index contributed by atoms with van der Waals surface area (Å²) in [7, 11) is 0. The number of fused-ring (bicyclic) bond motifs is 1. The van der Waals surface area contributed by atoms with Crippen LogP contribution in [0.15, 0.2) is 60.8 Å². The number of para-hydroxylation sites is 2.